The first kappa shape index (κ1) is 22.2. The Balaban J connectivity index is 1.26. The second-order valence-corrected chi connectivity index (χ2v) is 8.72. The molecule has 1 aliphatic heterocycles. The fourth-order valence-corrected chi connectivity index (χ4v) is 4.47. The average Bonchev–Trinajstić information content (AvgIpc) is 3.36. The van der Waals surface area contributed by atoms with Crippen LogP contribution in [0.15, 0.2) is 85.5 Å². The highest BCUT2D eigenvalue weighted by Crippen LogP contribution is 2.28. The van der Waals surface area contributed by atoms with Gasteiger partial charge in [-0.15, -0.1) is 0 Å². The molecule has 4 nitrogen and oxygen atoms in total. The molecule has 2 aromatic carbocycles. The first-order chi connectivity index (χ1) is 15.8. The van der Waals surface area contributed by atoms with E-state index in [1.165, 1.54) is 16.7 Å². The molecular weight excluding hydrogens is 394 g/mol. The van der Waals surface area contributed by atoms with Gasteiger partial charge in [-0.1, -0.05) is 66.7 Å². The van der Waals surface area contributed by atoms with Gasteiger partial charge < -0.3 is 4.57 Å². The summed E-state index contributed by atoms with van der Waals surface area (Å²) in [5, 5.41) is 0. The predicted molar refractivity (Wildman–Crippen MR) is 130 cm³/mol. The SMILES string of the molecule is O=C(CCCCn1ccnc1)CN1CCC(C=C(c2ccccc2)c2ccccc2)CC1. The molecule has 1 aliphatic rings. The standard InChI is InChI=1S/C28H33N3O/c32-27(13-7-8-17-31-20-16-29-23-31)22-30-18-14-24(15-19-30)21-28(25-9-3-1-4-10-25)26-11-5-2-6-12-26/h1-6,9-12,16,20-21,23-24H,7-8,13-15,17-19,22H2. The van der Waals surface area contributed by atoms with Crippen LogP contribution in [0.1, 0.15) is 43.2 Å². The van der Waals surface area contributed by atoms with Crippen LogP contribution >= 0.6 is 0 Å². The van der Waals surface area contributed by atoms with Crippen molar-refractivity contribution in [2.75, 3.05) is 19.6 Å². The van der Waals surface area contributed by atoms with Gasteiger partial charge in [-0.05, 0) is 61.4 Å². The highest BCUT2D eigenvalue weighted by atomic mass is 16.1. The summed E-state index contributed by atoms with van der Waals surface area (Å²) in [7, 11) is 0. The van der Waals surface area contributed by atoms with E-state index in [4.69, 9.17) is 0 Å². The van der Waals surface area contributed by atoms with Gasteiger partial charge in [0.2, 0.25) is 0 Å². The van der Waals surface area contributed by atoms with Crippen LogP contribution in [0, 0.1) is 5.92 Å². The summed E-state index contributed by atoms with van der Waals surface area (Å²) in [6.07, 6.45) is 12.9. The molecule has 0 aliphatic carbocycles. The zero-order chi connectivity index (χ0) is 22.0. The smallest absolute Gasteiger partial charge is 0.146 e. The van der Waals surface area contributed by atoms with Gasteiger partial charge >= 0.3 is 0 Å². The number of aromatic nitrogens is 2. The summed E-state index contributed by atoms with van der Waals surface area (Å²) in [6, 6.07) is 21.3. The van der Waals surface area contributed by atoms with E-state index in [1.54, 1.807) is 6.20 Å². The van der Waals surface area contributed by atoms with Crippen LogP contribution in [0.5, 0.6) is 0 Å². The largest absolute Gasteiger partial charge is 0.337 e. The monoisotopic (exact) mass is 427 g/mol. The summed E-state index contributed by atoms with van der Waals surface area (Å²) in [4.78, 5) is 18.8. The fraction of sp³-hybridized carbons (Fsp3) is 0.357. The second-order valence-electron chi connectivity index (χ2n) is 8.72. The third-order valence-corrected chi connectivity index (χ3v) is 6.29. The fourth-order valence-electron chi connectivity index (χ4n) is 4.47. The number of carbonyl (C=O) groups excluding carboxylic acids is 1. The van der Waals surface area contributed by atoms with E-state index in [1.807, 2.05) is 12.5 Å². The van der Waals surface area contributed by atoms with E-state index >= 15 is 0 Å². The molecule has 0 bridgehead atoms. The lowest BCUT2D eigenvalue weighted by Crippen LogP contribution is -2.37. The normalized spacial score (nSPS) is 14.9. The molecule has 0 atom stereocenters. The van der Waals surface area contributed by atoms with Crippen LogP contribution in [0.2, 0.25) is 0 Å². The number of imidazole rings is 1. The molecule has 1 aromatic heterocycles. The van der Waals surface area contributed by atoms with Crippen molar-refractivity contribution in [1.82, 2.24) is 14.5 Å². The molecule has 0 spiro atoms. The number of allylic oxidation sites excluding steroid dienone is 1. The molecule has 0 unspecified atom stereocenters. The van der Waals surface area contributed by atoms with Crippen LogP contribution in [0.25, 0.3) is 5.57 Å². The van der Waals surface area contributed by atoms with Crippen molar-refractivity contribution in [3.8, 4) is 0 Å². The number of carbonyl (C=O) groups is 1. The van der Waals surface area contributed by atoms with Crippen LogP contribution < -0.4 is 0 Å². The van der Waals surface area contributed by atoms with Gasteiger partial charge in [0.25, 0.3) is 0 Å². The molecule has 4 heteroatoms. The molecule has 3 aromatic rings. The Labute approximate surface area is 191 Å². The quantitative estimate of drug-likeness (QED) is 0.403. The molecule has 32 heavy (non-hydrogen) atoms. The first-order valence-electron chi connectivity index (χ1n) is 11.8. The van der Waals surface area contributed by atoms with Crippen molar-refractivity contribution < 1.29 is 4.79 Å². The number of benzene rings is 2. The molecule has 0 amide bonds. The summed E-state index contributed by atoms with van der Waals surface area (Å²) in [5.74, 6) is 0.922. The lowest BCUT2D eigenvalue weighted by molar-refractivity contribution is -0.120. The number of nitrogens with zero attached hydrogens (tertiary/aromatic N) is 3. The number of rotatable bonds is 10. The van der Waals surface area contributed by atoms with E-state index in [0.717, 1.165) is 45.3 Å². The zero-order valence-corrected chi connectivity index (χ0v) is 18.8. The molecular formula is C28H33N3O. The van der Waals surface area contributed by atoms with Crippen LogP contribution in [0.4, 0.5) is 0 Å². The molecule has 1 saturated heterocycles. The van der Waals surface area contributed by atoms with E-state index in [0.29, 0.717) is 24.7 Å². The summed E-state index contributed by atoms with van der Waals surface area (Å²) in [6.45, 7) is 3.54. The Hall–Kier alpha value is -2.98. The number of Topliss-reactive ketones (excluding diaryl/α,β-unsaturated/α-hetero) is 1. The summed E-state index contributed by atoms with van der Waals surface area (Å²) in [5.41, 5.74) is 3.86. The van der Waals surface area contributed by atoms with Crippen molar-refractivity contribution in [2.24, 2.45) is 5.92 Å². The van der Waals surface area contributed by atoms with E-state index in [9.17, 15) is 4.79 Å². The number of hydrogen-bond acceptors (Lipinski definition) is 3. The lowest BCUT2D eigenvalue weighted by atomic mass is 9.89. The Morgan fingerprint density at radius 1 is 0.938 bits per heavy atom. The van der Waals surface area contributed by atoms with Gasteiger partial charge in [0.15, 0.2) is 0 Å². The van der Waals surface area contributed by atoms with Crippen LogP contribution in [-0.2, 0) is 11.3 Å². The minimum atomic E-state index is 0.374. The van der Waals surface area contributed by atoms with Crippen LogP contribution in [-0.4, -0.2) is 39.9 Å². The molecule has 1 fully saturated rings. The van der Waals surface area contributed by atoms with Gasteiger partial charge in [0.05, 0.1) is 12.9 Å². The maximum Gasteiger partial charge on any atom is 0.146 e. The van der Waals surface area contributed by atoms with Crippen molar-refractivity contribution in [2.45, 2.75) is 38.6 Å². The Morgan fingerprint density at radius 3 is 2.19 bits per heavy atom. The lowest BCUT2D eigenvalue weighted by Gasteiger charge is -2.30. The van der Waals surface area contributed by atoms with Crippen molar-refractivity contribution >= 4 is 11.4 Å². The number of ketones is 1. The van der Waals surface area contributed by atoms with Crippen molar-refractivity contribution in [3.05, 3.63) is 96.6 Å². The van der Waals surface area contributed by atoms with Gasteiger partial charge in [0.1, 0.15) is 5.78 Å². The third kappa shape index (κ3) is 6.51. The van der Waals surface area contributed by atoms with E-state index in [-0.39, 0.29) is 0 Å². The molecule has 0 saturated carbocycles. The number of aryl methyl sites for hydroxylation is 1. The highest BCUT2D eigenvalue weighted by molar-refractivity contribution is 5.80. The number of unbranched alkanes of at least 4 members (excludes halogenated alkanes) is 1. The predicted octanol–water partition coefficient (Wildman–Crippen LogP) is 5.47. The minimum Gasteiger partial charge on any atom is -0.337 e. The van der Waals surface area contributed by atoms with Crippen molar-refractivity contribution in [3.63, 3.8) is 0 Å². The van der Waals surface area contributed by atoms with Gasteiger partial charge in [-0.2, -0.15) is 0 Å². The number of piperidine rings is 1. The zero-order valence-electron chi connectivity index (χ0n) is 18.8. The first-order valence-corrected chi connectivity index (χ1v) is 11.8. The maximum atomic E-state index is 12.4. The highest BCUT2D eigenvalue weighted by Gasteiger charge is 2.20. The van der Waals surface area contributed by atoms with Gasteiger partial charge in [-0.3, -0.25) is 9.69 Å². The third-order valence-electron chi connectivity index (χ3n) is 6.29. The molecule has 2 heterocycles. The number of likely N-dealkylation sites (tertiary alicyclic amines) is 1. The van der Waals surface area contributed by atoms with E-state index in [2.05, 4.69) is 81.2 Å². The summed E-state index contributed by atoms with van der Waals surface area (Å²) < 4.78 is 2.07. The van der Waals surface area contributed by atoms with Crippen molar-refractivity contribution in [1.29, 1.82) is 0 Å². The summed E-state index contributed by atoms with van der Waals surface area (Å²) >= 11 is 0. The van der Waals surface area contributed by atoms with Crippen LogP contribution in [0.3, 0.4) is 0 Å². The minimum absolute atomic E-state index is 0.374. The second kappa shape index (κ2) is 11.6. The molecule has 4 rings (SSSR count). The van der Waals surface area contributed by atoms with Gasteiger partial charge in [-0.25, -0.2) is 4.98 Å². The average molecular weight is 428 g/mol. The molecule has 0 radical (unpaired) electrons. The number of hydrogen-bond donors (Lipinski definition) is 0. The molecule has 0 N–H and O–H groups in total. The Kier molecular flexibility index (Phi) is 8.05. The van der Waals surface area contributed by atoms with Gasteiger partial charge in [0, 0.05) is 25.4 Å². The maximum absolute atomic E-state index is 12.4. The Morgan fingerprint density at radius 2 is 1.59 bits per heavy atom. The molecule has 166 valence electrons. The van der Waals surface area contributed by atoms with E-state index < -0.39 is 0 Å². The Bertz CT molecular complexity index is 931. The topological polar surface area (TPSA) is 38.1 Å².